The van der Waals surface area contributed by atoms with Gasteiger partial charge in [0.1, 0.15) is 12.4 Å². The molecule has 0 aromatic carbocycles. The van der Waals surface area contributed by atoms with Crippen molar-refractivity contribution >= 4 is 0 Å². The van der Waals surface area contributed by atoms with E-state index in [2.05, 4.69) is 11.3 Å². The third kappa shape index (κ3) is 1.04. The van der Waals surface area contributed by atoms with Crippen LogP contribution in [0.5, 0.6) is 0 Å². The number of aryl methyl sites for hydroxylation is 1. The van der Waals surface area contributed by atoms with Crippen molar-refractivity contribution in [3.63, 3.8) is 0 Å². The second kappa shape index (κ2) is 2.42. The number of rotatable bonds is 1. The molecule has 0 aliphatic rings. The highest BCUT2D eigenvalue weighted by atomic mass is 16.3. The fourth-order valence-corrected chi connectivity index (χ4v) is 0.820. The minimum absolute atomic E-state index is 0.551. The summed E-state index contributed by atoms with van der Waals surface area (Å²) in [5.41, 5.74) is 1.95. The van der Waals surface area contributed by atoms with E-state index in [1.165, 1.54) is 4.68 Å². The molecule has 3 heteroatoms. The molecular weight excluding hydrogens is 128 g/mol. The number of aliphatic hydroxyl groups excluding tert-OH is 1. The second-order valence-electron chi connectivity index (χ2n) is 2.40. The van der Waals surface area contributed by atoms with E-state index in [-0.39, 0.29) is 0 Å². The Morgan fingerprint density at radius 3 is 2.40 bits per heavy atom. The summed E-state index contributed by atoms with van der Waals surface area (Å²) < 4.78 is 1.54. The Bertz CT molecular complexity index is 228. The molecule has 0 bridgehead atoms. The van der Waals surface area contributed by atoms with Crippen molar-refractivity contribution in [2.45, 2.75) is 27.0 Å². The maximum Gasteiger partial charge on any atom is 0.144 e. The molecule has 1 rings (SSSR count). The predicted molar refractivity (Wildman–Crippen MR) is 37.5 cm³/mol. The smallest absolute Gasteiger partial charge is 0.144 e. The molecule has 1 aromatic heterocycles. The first-order valence-electron chi connectivity index (χ1n) is 3.24. The van der Waals surface area contributed by atoms with Gasteiger partial charge in [0.2, 0.25) is 0 Å². The number of hydrogen-bond donors (Lipinski definition) is 1. The molecule has 3 nitrogen and oxygen atoms in total. The average molecular weight is 139 g/mol. The van der Waals surface area contributed by atoms with Crippen LogP contribution in [0.3, 0.4) is 0 Å². The molecule has 0 aliphatic heterocycles. The minimum atomic E-state index is -0.551. The Labute approximate surface area is 60.3 Å². The van der Waals surface area contributed by atoms with Crippen molar-refractivity contribution in [3.8, 4) is 0 Å². The number of aliphatic hydroxyl groups is 1. The van der Waals surface area contributed by atoms with Gasteiger partial charge in [0.25, 0.3) is 0 Å². The molecular formula is C7H11N2O. The Balaban J connectivity index is 3.05. The van der Waals surface area contributed by atoms with Gasteiger partial charge in [-0.15, -0.1) is 0 Å². The van der Waals surface area contributed by atoms with E-state index >= 15 is 0 Å². The van der Waals surface area contributed by atoms with Crippen molar-refractivity contribution in [3.05, 3.63) is 17.5 Å². The highest BCUT2D eigenvalue weighted by Gasteiger charge is 2.05. The summed E-state index contributed by atoms with van der Waals surface area (Å²) in [6, 6.07) is 0. The lowest BCUT2D eigenvalue weighted by molar-refractivity contribution is 0.108. The zero-order valence-electron chi connectivity index (χ0n) is 6.42. The zero-order chi connectivity index (χ0) is 7.72. The van der Waals surface area contributed by atoms with Crippen molar-refractivity contribution in [2.75, 3.05) is 0 Å². The summed E-state index contributed by atoms with van der Waals surface area (Å²) in [4.78, 5) is 0. The molecule has 0 saturated heterocycles. The standard InChI is InChI=1S/C7H11N2O/c1-5-4-8-9(6(5)2)7(3)10/h7,10H,1-3H3. The third-order valence-electron chi connectivity index (χ3n) is 1.57. The zero-order valence-corrected chi connectivity index (χ0v) is 6.42. The monoisotopic (exact) mass is 139 g/mol. The van der Waals surface area contributed by atoms with E-state index in [1.54, 1.807) is 6.92 Å². The van der Waals surface area contributed by atoms with E-state index in [0.717, 1.165) is 11.3 Å². The van der Waals surface area contributed by atoms with Crippen LogP contribution in [0.1, 0.15) is 24.4 Å². The Kier molecular flexibility index (Phi) is 1.76. The minimum Gasteiger partial charge on any atom is -0.372 e. The number of aromatic nitrogens is 2. The van der Waals surface area contributed by atoms with Crippen molar-refractivity contribution in [2.24, 2.45) is 0 Å². The summed E-state index contributed by atoms with van der Waals surface area (Å²) in [6.45, 7) is 5.50. The van der Waals surface area contributed by atoms with Crippen LogP contribution in [-0.2, 0) is 0 Å². The van der Waals surface area contributed by atoms with Crippen molar-refractivity contribution < 1.29 is 5.11 Å². The lowest BCUT2D eigenvalue weighted by Gasteiger charge is -2.06. The van der Waals surface area contributed by atoms with Crippen LogP contribution in [0.25, 0.3) is 0 Å². The van der Waals surface area contributed by atoms with Crippen LogP contribution in [0.2, 0.25) is 0 Å². The summed E-state index contributed by atoms with van der Waals surface area (Å²) in [5.74, 6) is 0. The van der Waals surface area contributed by atoms with E-state index in [1.807, 2.05) is 13.8 Å². The third-order valence-corrected chi connectivity index (χ3v) is 1.57. The summed E-state index contributed by atoms with van der Waals surface area (Å²) >= 11 is 0. The lowest BCUT2D eigenvalue weighted by atomic mass is 10.3. The van der Waals surface area contributed by atoms with Crippen LogP contribution in [0.4, 0.5) is 0 Å². The highest BCUT2D eigenvalue weighted by molar-refractivity contribution is 5.12. The first-order valence-corrected chi connectivity index (χ1v) is 3.24. The molecule has 0 fully saturated rings. The van der Waals surface area contributed by atoms with Gasteiger partial charge in [-0.3, -0.25) is 0 Å². The quantitative estimate of drug-likeness (QED) is 0.625. The van der Waals surface area contributed by atoms with Gasteiger partial charge in [-0.2, -0.15) is 5.10 Å². The SMILES string of the molecule is Cc1[c]nn(C(C)O)c1C. The molecule has 55 valence electrons. The Hall–Kier alpha value is -0.830. The van der Waals surface area contributed by atoms with Crippen LogP contribution in [-0.4, -0.2) is 14.9 Å². The van der Waals surface area contributed by atoms with Crippen molar-refractivity contribution in [1.29, 1.82) is 0 Å². The molecule has 0 saturated carbocycles. The molecule has 0 spiro atoms. The molecule has 10 heavy (non-hydrogen) atoms. The predicted octanol–water partition coefficient (Wildman–Crippen LogP) is 0.811. The van der Waals surface area contributed by atoms with Gasteiger partial charge < -0.3 is 5.11 Å². The van der Waals surface area contributed by atoms with Gasteiger partial charge in [-0.1, -0.05) is 0 Å². The first kappa shape index (κ1) is 7.28. The van der Waals surface area contributed by atoms with Gasteiger partial charge in [-0.25, -0.2) is 4.68 Å². The summed E-state index contributed by atoms with van der Waals surface area (Å²) in [6.07, 6.45) is 2.22. The molecule has 1 unspecified atom stereocenters. The van der Waals surface area contributed by atoms with E-state index in [9.17, 15) is 0 Å². The summed E-state index contributed by atoms with van der Waals surface area (Å²) in [7, 11) is 0. The molecule has 1 heterocycles. The van der Waals surface area contributed by atoms with Gasteiger partial charge in [0.05, 0.1) is 0 Å². The van der Waals surface area contributed by atoms with Gasteiger partial charge in [0, 0.05) is 5.69 Å². The van der Waals surface area contributed by atoms with Gasteiger partial charge in [-0.05, 0) is 26.3 Å². The first-order chi connectivity index (χ1) is 4.63. The van der Waals surface area contributed by atoms with Crippen LogP contribution in [0, 0.1) is 20.0 Å². The molecule has 1 N–H and O–H groups in total. The largest absolute Gasteiger partial charge is 0.372 e. The maximum atomic E-state index is 9.10. The van der Waals surface area contributed by atoms with Crippen LogP contribution in [0.15, 0.2) is 0 Å². The Morgan fingerprint density at radius 2 is 2.20 bits per heavy atom. The molecule has 0 aliphatic carbocycles. The highest BCUT2D eigenvalue weighted by Crippen LogP contribution is 2.08. The van der Waals surface area contributed by atoms with E-state index in [4.69, 9.17) is 5.11 Å². The molecule has 0 amide bonds. The van der Waals surface area contributed by atoms with Crippen LogP contribution < -0.4 is 0 Å². The Morgan fingerprint density at radius 1 is 1.60 bits per heavy atom. The van der Waals surface area contributed by atoms with Crippen molar-refractivity contribution in [1.82, 2.24) is 9.78 Å². The number of hydrogen-bond acceptors (Lipinski definition) is 2. The summed E-state index contributed by atoms with van der Waals surface area (Å²) in [5, 5.41) is 13.0. The van der Waals surface area contributed by atoms with E-state index in [0.29, 0.717) is 0 Å². The lowest BCUT2D eigenvalue weighted by Crippen LogP contribution is -2.07. The normalized spacial score (nSPS) is 13.6. The van der Waals surface area contributed by atoms with Gasteiger partial charge in [0.15, 0.2) is 0 Å². The topological polar surface area (TPSA) is 38.0 Å². The maximum absolute atomic E-state index is 9.10. The number of nitrogens with zero attached hydrogens (tertiary/aromatic N) is 2. The fourth-order valence-electron chi connectivity index (χ4n) is 0.820. The molecule has 1 atom stereocenters. The van der Waals surface area contributed by atoms with Gasteiger partial charge >= 0.3 is 0 Å². The second-order valence-corrected chi connectivity index (χ2v) is 2.40. The van der Waals surface area contributed by atoms with Crippen LogP contribution >= 0.6 is 0 Å². The van der Waals surface area contributed by atoms with E-state index < -0.39 is 6.23 Å². The fraction of sp³-hybridized carbons (Fsp3) is 0.571. The molecule has 1 radical (unpaired) electrons. The average Bonchev–Trinajstić information content (AvgIpc) is 2.14. The molecule has 1 aromatic rings.